The predicted octanol–water partition coefficient (Wildman–Crippen LogP) is 4.24. The molecular formula is C30H36NO6. The van der Waals surface area contributed by atoms with Gasteiger partial charge >= 0.3 is 11.9 Å². The van der Waals surface area contributed by atoms with Crippen molar-refractivity contribution in [3.8, 4) is 0 Å². The lowest BCUT2D eigenvalue weighted by Gasteiger charge is -2.26. The van der Waals surface area contributed by atoms with E-state index in [1.54, 1.807) is 13.5 Å². The molecule has 197 valence electrons. The van der Waals surface area contributed by atoms with Gasteiger partial charge in [0, 0.05) is 20.3 Å². The molecule has 0 unspecified atom stereocenters. The van der Waals surface area contributed by atoms with Gasteiger partial charge in [0.2, 0.25) is 5.91 Å². The van der Waals surface area contributed by atoms with Gasteiger partial charge in [0.25, 0.3) is 0 Å². The summed E-state index contributed by atoms with van der Waals surface area (Å²) in [6.07, 6.45) is 6.77. The molecule has 7 heteroatoms. The molecule has 1 radical (unpaired) electrons. The van der Waals surface area contributed by atoms with Gasteiger partial charge in [-0.1, -0.05) is 67.4 Å². The van der Waals surface area contributed by atoms with E-state index in [2.05, 4.69) is 24.3 Å². The zero-order valence-electron chi connectivity index (χ0n) is 21.5. The number of benzene rings is 2. The molecule has 2 aromatic carbocycles. The van der Waals surface area contributed by atoms with Crippen molar-refractivity contribution in [3.05, 3.63) is 77.7 Å². The molecule has 1 atom stereocenters. The van der Waals surface area contributed by atoms with Crippen LogP contribution in [0.25, 0.3) is 0 Å². The van der Waals surface area contributed by atoms with E-state index in [0.717, 1.165) is 50.0 Å². The second kappa shape index (κ2) is 13.4. The molecule has 4 rings (SSSR count). The Labute approximate surface area is 219 Å². The Hall–Kier alpha value is -3.19. The quantitative estimate of drug-likeness (QED) is 0.401. The molecule has 2 fully saturated rings. The minimum absolute atomic E-state index is 0.117. The summed E-state index contributed by atoms with van der Waals surface area (Å²) in [7, 11) is 1.62. The van der Waals surface area contributed by atoms with E-state index in [9.17, 15) is 14.4 Å². The summed E-state index contributed by atoms with van der Waals surface area (Å²) in [6, 6.07) is 17.0. The molecule has 1 amide bonds. The fourth-order valence-corrected chi connectivity index (χ4v) is 4.55. The normalized spacial score (nSPS) is 16.6. The third kappa shape index (κ3) is 8.42. The van der Waals surface area contributed by atoms with Crippen molar-refractivity contribution in [2.75, 3.05) is 26.9 Å². The van der Waals surface area contributed by atoms with Crippen molar-refractivity contribution in [2.24, 2.45) is 5.92 Å². The molecule has 1 aliphatic carbocycles. The summed E-state index contributed by atoms with van der Waals surface area (Å²) in [5, 5.41) is 0. The average Bonchev–Trinajstić information content (AvgIpc) is 3.77. The Bertz CT molecular complexity index is 1030. The Morgan fingerprint density at radius 1 is 0.946 bits per heavy atom. The molecule has 1 aliphatic heterocycles. The highest BCUT2D eigenvalue weighted by Crippen LogP contribution is 2.35. The zero-order valence-corrected chi connectivity index (χ0v) is 21.5. The van der Waals surface area contributed by atoms with Crippen LogP contribution < -0.4 is 0 Å². The van der Waals surface area contributed by atoms with Crippen LogP contribution in [0.5, 0.6) is 0 Å². The van der Waals surface area contributed by atoms with E-state index in [4.69, 9.17) is 14.2 Å². The number of carbonyl (C=O) groups is 3. The first kappa shape index (κ1) is 26.9. The van der Waals surface area contributed by atoms with E-state index >= 15 is 0 Å². The maximum Gasteiger partial charge on any atom is 0.344 e. The van der Waals surface area contributed by atoms with Gasteiger partial charge in [0.05, 0.1) is 6.42 Å². The first-order chi connectivity index (χ1) is 18.0. The van der Waals surface area contributed by atoms with Gasteiger partial charge < -0.3 is 19.1 Å². The maximum absolute atomic E-state index is 12.9. The number of esters is 2. The fourth-order valence-electron chi connectivity index (χ4n) is 4.55. The van der Waals surface area contributed by atoms with Gasteiger partial charge in [0.1, 0.15) is 12.6 Å². The topological polar surface area (TPSA) is 82.1 Å². The molecule has 2 aliphatic rings. The average molecular weight is 507 g/mol. The number of nitrogens with zero attached hydrogens (tertiary/aromatic N) is 1. The van der Waals surface area contributed by atoms with Gasteiger partial charge in [0.15, 0.2) is 6.61 Å². The highest BCUT2D eigenvalue weighted by molar-refractivity contribution is 5.90. The van der Waals surface area contributed by atoms with Crippen molar-refractivity contribution in [3.63, 3.8) is 0 Å². The van der Waals surface area contributed by atoms with Crippen LogP contribution >= 0.6 is 0 Å². The summed E-state index contributed by atoms with van der Waals surface area (Å²) in [4.78, 5) is 39.3. The molecule has 1 saturated heterocycles. The van der Waals surface area contributed by atoms with Gasteiger partial charge in [-0.2, -0.15) is 0 Å². The lowest BCUT2D eigenvalue weighted by Crippen LogP contribution is -2.44. The van der Waals surface area contributed by atoms with E-state index < -0.39 is 24.6 Å². The van der Waals surface area contributed by atoms with E-state index in [1.165, 1.54) is 10.5 Å². The third-order valence-corrected chi connectivity index (χ3v) is 7.10. The SMILES string of the molecule is CN(C(=O)[CH]Cc1ccc(C2CCOCC2)cc1)[C@@H](CC1CC1)C(=O)OCC(=O)OCc1ccccc1. The molecule has 1 heterocycles. The predicted molar refractivity (Wildman–Crippen MR) is 138 cm³/mol. The van der Waals surface area contributed by atoms with E-state index in [0.29, 0.717) is 24.7 Å². The van der Waals surface area contributed by atoms with Crippen molar-refractivity contribution in [1.29, 1.82) is 0 Å². The monoisotopic (exact) mass is 506 g/mol. The Morgan fingerprint density at radius 3 is 2.32 bits per heavy atom. The molecule has 0 bridgehead atoms. The molecule has 1 saturated carbocycles. The molecule has 0 N–H and O–H groups in total. The molecule has 37 heavy (non-hydrogen) atoms. The van der Waals surface area contributed by atoms with E-state index in [1.807, 2.05) is 30.3 Å². The van der Waals surface area contributed by atoms with Crippen molar-refractivity contribution in [1.82, 2.24) is 4.90 Å². The standard InChI is InChI=1S/C30H36NO6/c1-31(28(32)14-11-22-9-12-25(13-10-22)26-15-17-35-18-16-26)27(19-23-7-8-23)30(34)37-21-29(33)36-20-24-5-3-2-4-6-24/h2-6,9-10,12-14,23,26-27H,7-8,11,15-21H2,1H3/t27-/m0/s1. The van der Waals surface area contributed by atoms with Gasteiger partial charge in [-0.3, -0.25) is 4.79 Å². The number of amides is 1. The summed E-state index contributed by atoms with van der Waals surface area (Å²) in [5.74, 6) is -0.497. The Morgan fingerprint density at radius 2 is 1.65 bits per heavy atom. The summed E-state index contributed by atoms with van der Waals surface area (Å²) >= 11 is 0. The Balaban J connectivity index is 1.24. The molecule has 7 nitrogen and oxygen atoms in total. The van der Waals surface area contributed by atoms with Crippen molar-refractivity contribution in [2.45, 2.75) is 57.1 Å². The number of likely N-dealkylation sites (N-methyl/N-ethyl adjacent to an activating group) is 1. The highest BCUT2D eigenvalue weighted by atomic mass is 16.6. The molecular weight excluding hydrogens is 470 g/mol. The van der Waals surface area contributed by atoms with Crippen LogP contribution in [0.3, 0.4) is 0 Å². The van der Waals surface area contributed by atoms with Crippen LogP contribution in [0.2, 0.25) is 0 Å². The number of carbonyl (C=O) groups excluding carboxylic acids is 3. The summed E-state index contributed by atoms with van der Waals surface area (Å²) in [6.45, 7) is 1.25. The second-order valence-electron chi connectivity index (χ2n) is 9.93. The highest BCUT2D eigenvalue weighted by Gasteiger charge is 2.35. The minimum Gasteiger partial charge on any atom is -0.458 e. The van der Waals surface area contributed by atoms with Crippen LogP contribution in [0.1, 0.15) is 54.7 Å². The van der Waals surface area contributed by atoms with Crippen LogP contribution in [0.15, 0.2) is 54.6 Å². The van der Waals surface area contributed by atoms with E-state index in [-0.39, 0.29) is 12.5 Å². The van der Waals surface area contributed by atoms with Crippen LogP contribution in [0.4, 0.5) is 0 Å². The Kier molecular flexibility index (Phi) is 9.71. The van der Waals surface area contributed by atoms with Gasteiger partial charge in [-0.05, 0) is 54.2 Å². The molecule has 2 aromatic rings. The first-order valence-electron chi connectivity index (χ1n) is 13.1. The smallest absolute Gasteiger partial charge is 0.344 e. The lowest BCUT2D eigenvalue weighted by atomic mass is 9.91. The number of rotatable bonds is 12. The first-order valence-corrected chi connectivity index (χ1v) is 13.1. The minimum atomic E-state index is -0.728. The van der Waals surface area contributed by atoms with Gasteiger partial charge in [-0.25, -0.2) is 9.59 Å². The number of hydrogen-bond donors (Lipinski definition) is 0. The second-order valence-corrected chi connectivity index (χ2v) is 9.93. The molecule has 0 spiro atoms. The number of hydrogen-bond acceptors (Lipinski definition) is 6. The number of ether oxygens (including phenoxy) is 3. The van der Waals surface area contributed by atoms with Gasteiger partial charge in [-0.15, -0.1) is 0 Å². The largest absolute Gasteiger partial charge is 0.458 e. The van der Waals surface area contributed by atoms with Crippen LogP contribution in [-0.4, -0.2) is 55.7 Å². The molecule has 0 aromatic heterocycles. The van der Waals surface area contributed by atoms with Crippen LogP contribution in [0, 0.1) is 12.3 Å². The van der Waals surface area contributed by atoms with Crippen LogP contribution in [-0.2, 0) is 41.6 Å². The summed E-state index contributed by atoms with van der Waals surface area (Å²) in [5.41, 5.74) is 3.21. The maximum atomic E-state index is 12.9. The van der Waals surface area contributed by atoms with Crippen molar-refractivity contribution >= 4 is 17.8 Å². The fraction of sp³-hybridized carbons (Fsp3) is 0.467. The summed E-state index contributed by atoms with van der Waals surface area (Å²) < 4.78 is 15.9. The van der Waals surface area contributed by atoms with Crippen molar-refractivity contribution < 1.29 is 28.6 Å². The lowest BCUT2D eigenvalue weighted by molar-refractivity contribution is -0.163. The zero-order chi connectivity index (χ0) is 26.0. The third-order valence-electron chi connectivity index (χ3n) is 7.10.